The van der Waals surface area contributed by atoms with Crippen molar-refractivity contribution in [2.45, 2.75) is 0 Å². The molecule has 2 N–H and O–H groups in total. The highest BCUT2D eigenvalue weighted by Crippen LogP contribution is 2.34. The van der Waals surface area contributed by atoms with Crippen LogP contribution in [0.2, 0.25) is 0 Å². The fourth-order valence-electron chi connectivity index (χ4n) is 0.805. The molecule has 1 aromatic heterocycles. The van der Waals surface area contributed by atoms with Crippen molar-refractivity contribution < 1.29 is 0 Å². The number of rotatable bonds is 1. The normalized spacial score (nSPS) is 10.3. The van der Waals surface area contributed by atoms with E-state index in [-0.39, 0.29) is 0 Å². The van der Waals surface area contributed by atoms with Gasteiger partial charge in [-0.15, -0.1) is 0 Å². The van der Waals surface area contributed by atoms with Crippen LogP contribution in [-0.4, -0.2) is 9.56 Å². The molecule has 0 fully saturated rings. The molecular weight excluding hydrogens is 372 g/mol. The van der Waals surface area contributed by atoms with Crippen LogP contribution in [0.5, 0.6) is 0 Å². The van der Waals surface area contributed by atoms with Gasteiger partial charge in [0.05, 0.1) is 14.6 Å². The number of nitrogens with two attached hydrogens (primary N) is 1. The smallest absolute Gasteiger partial charge is 0.107 e. The maximum atomic E-state index is 5.53. The summed E-state index contributed by atoms with van der Waals surface area (Å²) in [5, 5.41) is 0. The van der Waals surface area contributed by atoms with E-state index in [2.05, 4.69) is 47.8 Å². The van der Waals surface area contributed by atoms with Gasteiger partial charge in [0.2, 0.25) is 0 Å². The molecule has 12 heavy (non-hydrogen) atoms. The lowest BCUT2D eigenvalue weighted by atomic mass is 10.3. The van der Waals surface area contributed by atoms with Gasteiger partial charge in [0.1, 0.15) is 9.59 Å². The Balaban J connectivity index is 3.48. The highest BCUT2D eigenvalue weighted by Gasteiger charge is 2.17. The Kier molecular flexibility index (Phi) is 3.36. The molecule has 0 atom stereocenters. The molecule has 0 aromatic carbocycles. The number of halogens is 3. The third-order valence-electron chi connectivity index (χ3n) is 1.44. The number of thiocarbonyl (C=S) groups is 1. The minimum atomic E-state index is 0.370. The fourth-order valence-corrected chi connectivity index (χ4v) is 3.40. The molecule has 1 heterocycles. The van der Waals surface area contributed by atoms with E-state index in [0.717, 1.165) is 19.2 Å². The molecule has 0 unspecified atom stereocenters. The first-order valence-corrected chi connectivity index (χ1v) is 5.74. The summed E-state index contributed by atoms with van der Waals surface area (Å²) in [6, 6.07) is 0. The highest BCUT2D eigenvalue weighted by molar-refractivity contribution is 9.13. The van der Waals surface area contributed by atoms with Crippen LogP contribution in [0.25, 0.3) is 0 Å². The summed E-state index contributed by atoms with van der Waals surface area (Å²) < 4.78 is 4.56. The molecule has 6 heteroatoms. The van der Waals surface area contributed by atoms with Gasteiger partial charge >= 0.3 is 0 Å². The van der Waals surface area contributed by atoms with Gasteiger partial charge in [-0.05, 0) is 47.8 Å². The number of aromatic nitrogens is 1. The quantitative estimate of drug-likeness (QED) is 0.764. The molecular formula is C6H5Br3N2S. The van der Waals surface area contributed by atoms with Crippen LogP contribution >= 0.6 is 60.0 Å². The minimum absolute atomic E-state index is 0.370. The van der Waals surface area contributed by atoms with E-state index >= 15 is 0 Å². The third kappa shape index (κ3) is 1.62. The Labute approximate surface area is 101 Å². The number of nitrogens with zero attached hydrogens (tertiary/aromatic N) is 1. The first kappa shape index (κ1) is 10.7. The maximum absolute atomic E-state index is 5.53. The molecule has 0 saturated carbocycles. The van der Waals surface area contributed by atoms with Crippen molar-refractivity contribution in [2.24, 2.45) is 12.8 Å². The molecule has 66 valence electrons. The van der Waals surface area contributed by atoms with Crippen molar-refractivity contribution in [2.75, 3.05) is 0 Å². The van der Waals surface area contributed by atoms with Crippen LogP contribution in [0.15, 0.2) is 13.7 Å². The van der Waals surface area contributed by atoms with Crippen LogP contribution in [0, 0.1) is 0 Å². The lowest BCUT2D eigenvalue weighted by molar-refractivity contribution is 0.874. The van der Waals surface area contributed by atoms with Gasteiger partial charge in [-0.1, -0.05) is 12.2 Å². The molecule has 0 aliphatic rings. The first-order chi connectivity index (χ1) is 5.46. The largest absolute Gasteiger partial charge is 0.389 e. The van der Waals surface area contributed by atoms with Crippen molar-refractivity contribution in [3.8, 4) is 0 Å². The average Bonchev–Trinajstić information content (AvgIpc) is 2.16. The summed E-state index contributed by atoms with van der Waals surface area (Å²) >= 11 is 15.1. The molecule has 2 nitrogen and oxygen atoms in total. The molecule has 0 amide bonds. The Hall–Kier alpha value is 0.610. The van der Waals surface area contributed by atoms with Crippen LogP contribution in [0.3, 0.4) is 0 Å². The zero-order chi connectivity index (χ0) is 9.46. The van der Waals surface area contributed by atoms with E-state index < -0.39 is 0 Å². The molecule has 0 bridgehead atoms. The molecule has 1 rings (SSSR count). The van der Waals surface area contributed by atoms with Crippen molar-refractivity contribution in [3.63, 3.8) is 0 Å². The molecule has 0 radical (unpaired) electrons. The average molecular weight is 377 g/mol. The van der Waals surface area contributed by atoms with Crippen molar-refractivity contribution in [3.05, 3.63) is 19.2 Å². The van der Waals surface area contributed by atoms with E-state index in [0.29, 0.717) is 4.99 Å². The van der Waals surface area contributed by atoms with E-state index in [1.54, 1.807) is 0 Å². The molecule has 0 saturated heterocycles. The summed E-state index contributed by atoms with van der Waals surface area (Å²) in [4.78, 5) is 0.370. The zero-order valence-electron chi connectivity index (χ0n) is 6.07. The second kappa shape index (κ2) is 3.77. The predicted octanol–water partition coefficient (Wildman–Crippen LogP) is 2.95. The minimum Gasteiger partial charge on any atom is -0.389 e. The van der Waals surface area contributed by atoms with Crippen molar-refractivity contribution in [1.82, 2.24) is 4.57 Å². The Bertz CT molecular complexity index is 320. The predicted molar refractivity (Wildman–Crippen MR) is 64.4 cm³/mol. The number of hydrogen-bond acceptors (Lipinski definition) is 1. The van der Waals surface area contributed by atoms with Gasteiger partial charge in [0.15, 0.2) is 0 Å². The van der Waals surface area contributed by atoms with Gasteiger partial charge in [-0.25, -0.2) is 0 Å². The Morgan fingerprint density at radius 3 is 2.00 bits per heavy atom. The van der Waals surface area contributed by atoms with Crippen LogP contribution in [-0.2, 0) is 7.05 Å². The van der Waals surface area contributed by atoms with Gasteiger partial charge in [-0.2, -0.15) is 0 Å². The second-order valence-electron chi connectivity index (χ2n) is 2.19. The Morgan fingerprint density at radius 1 is 1.33 bits per heavy atom. The van der Waals surface area contributed by atoms with Gasteiger partial charge in [0, 0.05) is 7.05 Å². The summed E-state index contributed by atoms with van der Waals surface area (Å²) in [6.07, 6.45) is 0. The summed E-state index contributed by atoms with van der Waals surface area (Å²) in [6.45, 7) is 0. The van der Waals surface area contributed by atoms with E-state index in [9.17, 15) is 0 Å². The van der Waals surface area contributed by atoms with E-state index in [1.807, 2.05) is 11.6 Å². The SMILES string of the molecule is Cn1c(Br)c(Br)c(C(N)=S)c1Br. The van der Waals surface area contributed by atoms with Gasteiger partial charge in [-0.3, -0.25) is 0 Å². The second-order valence-corrected chi connectivity index (χ2v) is 4.93. The lowest BCUT2D eigenvalue weighted by Crippen LogP contribution is -2.09. The summed E-state index contributed by atoms with van der Waals surface area (Å²) in [7, 11) is 1.90. The standard InChI is InChI=1S/C6H5Br3N2S/c1-11-4(8)2(6(10)12)3(7)5(11)9/h1H3,(H2,10,12). The van der Waals surface area contributed by atoms with Crippen molar-refractivity contribution >= 4 is 65.0 Å². The van der Waals surface area contributed by atoms with E-state index in [4.69, 9.17) is 18.0 Å². The Morgan fingerprint density at radius 2 is 1.83 bits per heavy atom. The lowest BCUT2D eigenvalue weighted by Gasteiger charge is -1.96. The number of hydrogen-bond donors (Lipinski definition) is 1. The maximum Gasteiger partial charge on any atom is 0.107 e. The molecule has 0 aliphatic heterocycles. The summed E-state index contributed by atoms with van der Waals surface area (Å²) in [5.41, 5.74) is 6.35. The topological polar surface area (TPSA) is 30.9 Å². The molecule has 1 aromatic rings. The monoisotopic (exact) mass is 374 g/mol. The summed E-state index contributed by atoms with van der Waals surface area (Å²) in [5.74, 6) is 0. The van der Waals surface area contributed by atoms with E-state index in [1.165, 1.54) is 0 Å². The molecule has 0 aliphatic carbocycles. The highest BCUT2D eigenvalue weighted by atomic mass is 79.9. The van der Waals surface area contributed by atoms with Gasteiger partial charge in [0.25, 0.3) is 0 Å². The molecule has 0 spiro atoms. The van der Waals surface area contributed by atoms with Crippen LogP contribution in [0.4, 0.5) is 0 Å². The van der Waals surface area contributed by atoms with Crippen LogP contribution in [0.1, 0.15) is 5.56 Å². The zero-order valence-corrected chi connectivity index (χ0v) is 11.6. The van der Waals surface area contributed by atoms with Gasteiger partial charge < -0.3 is 10.3 Å². The fraction of sp³-hybridized carbons (Fsp3) is 0.167. The third-order valence-corrected chi connectivity index (χ3v) is 4.81. The first-order valence-electron chi connectivity index (χ1n) is 2.95. The van der Waals surface area contributed by atoms with Crippen molar-refractivity contribution in [1.29, 1.82) is 0 Å². The van der Waals surface area contributed by atoms with Crippen LogP contribution < -0.4 is 5.73 Å².